The number of nitrogen functional groups attached to an aromatic ring is 1. The van der Waals surface area contributed by atoms with Crippen LogP contribution in [0.2, 0.25) is 0 Å². The first-order chi connectivity index (χ1) is 9.11. The number of primary amides is 1. The lowest BCUT2D eigenvalue weighted by molar-refractivity contribution is 0.100. The first kappa shape index (κ1) is 13.7. The molecule has 0 saturated carbocycles. The summed E-state index contributed by atoms with van der Waals surface area (Å²) >= 11 is 0. The fourth-order valence-corrected chi connectivity index (χ4v) is 2.69. The highest BCUT2D eigenvalue weighted by Crippen LogP contribution is 2.21. The summed E-state index contributed by atoms with van der Waals surface area (Å²) in [6, 6.07) is 5.75. The first-order valence-corrected chi connectivity index (χ1v) is 6.79. The van der Waals surface area contributed by atoms with Gasteiger partial charge in [0, 0.05) is 24.0 Å². The Hall–Kier alpha value is -1.75. The van der Waals surface area contributed by atoms with Crippen LogP contribution >= 0.6 is 0 Å². The molecule has 1 aromatic rings. The molecule has 104 valence electrons. The number of amides is 1. The topological polar surface area (TPSA) is 84.4 Å². The van der Waals surface area contributed by atoms with Gasteiger partial charge in [0.15, 0.2) is 0 Å². The molecule has 0 aromatic heterocycles. The molecule has 1 aromatic carbocycles. The van der Waals surface area contributed by atoms with Crippen LogP contribution in [0, 0.1) is 0 Å². The maximum absolute atomic E-state index is 11.4. The lowest BCUT2D eigenvalue weighted by Gasteiger charge is -2.23. The van der Waals surface area contributed by atoms with Crippen LogP contribution in [-0.2, 0) is 0 Å². The second-order valence-corrected chi connectivity index (χ2v) is 4.97. The molecule has 1 fully saturated rings. The van der Waals surface area contributed by atoms with Gasteiger partial charge in [0.2, 0.25) is 0 Å². The van der Waals surface area contributed by atoms with Gasteiger partial charge in [-0.05, 0) is 44.1 Å². The van der Waals surface area contributed by atoms with Crippen molar-refractivity contribution in [1.82, 2.24) is 4.90 Å². The van der Waals surface area contributed by atoms with E-state index in [0.29, 0.717) is 17.3 Å². The van der Waals surface area contributed by atoms with E-state index in [1.807, 2.05) is 6.07 Å². The highest BCUT2D eigenvalue weighted by Gasteiger charge is 2.22. The van der Waals surface area contributed by atoms with Gasteiger partial charge in [-0.15, -0.1) is 0 Å². The standard InChI is InChI=1S/C14H22N4O/c1-2-18-7-3-4-11(18)9-17-13-6-5-10(15)8-12(13)14(16)19/h5-6,8,11,17H,2-4,7,9,15H2,1H3,(H2,16,19). The Kier molecular flexibility index (Phi) is 4.27. The Bertz CT molecular complexity index is 461. The minimum absolute atomic E-state index is 0.450. The second-order valence-electron chi connectivity index (χ2n) is 4.97. The molecule has 1 amide bonds. The van der Waals surface area contributed by atoms with E-state index in [4.69, 9.17) is 11.5 Å². The van der Waals surface area contributed by atoms with E-state index in [0.717, 1.165) is 25.3 Å². The van der Waals surface area contributed by atoms with Crippen molar-refractivity contribution in [2.75, 3.05) is 30.7 Å². The Morgan fingerprint density at radius 2 is 2.32 bits per heavy atom. The van der Waals surface area contributed by atoms with Crippen LogP contribution < -0.4 is 16.8 Å². The quantitative estimate of drug-likeness (QED) is 0.698. The summed E-state index contributed by atoms with van der Waals surface area (Å²) in [7, 11) is 0. The van der Waals surface area contributed by atoms with Crippen molar-refractivity contribution in [3.63, 3.8) is 0 Å². The maximum Gasteiger partial charge on any atom is 0.250 e. The summed E-state index contributed by atoms with van der Waals surface area (Å²) < 4.78 is 0. The molecule has 5 N–H and O–H groups in total. The van der Waals surface area contributed by atoms with Crippen molar-refractivity contribution < 1.29 is 4.79 Å². The van der Waals surface area contributed by atoms with Crippen LogP contribution in [0.5, 0.6) is 0 Å². The summed E-state index contributed by atoms with van der Waals surface area (Å²) in [5, 5.41) is 3.33. The van der Waals surface area contributed by atoms with Gasteiger partial charge < -0.3 is 16.8 Å². The zero-order valence-corrected chi connectivity index (χ0v) is 11.4. The largest absolute Gasteiger partial charge is 0.399 e. The molecule has 0 spiro atoms. The van der Waals surface area contributed by atoms with Gasteiger partial charge in [0.1, 0.15) is 0 Å². The molecule has 1 aliphatic heterocycles. The van der Waals surface area contributed by atoms with E-state index in [-0.39, 0.29) is 0 Å². The number of rotatable bonds is 5. The molecule has 1 aliphatic rings. The molecule has 2 rings (SSSR count). The van der Waals surface area contributed by atoms with Gasteiger partial charge in [0.25, 0.3) is 5.91 Å². The molecular weight excluding hydrogens is 240 g/mol. The number of anilines is 2. The second kappa shape index (κ2) is 5.93. The molecule has 1 unspecified atom stereocenters. The predicted molar refractivity (Wildman–Crippen MR) is 78.1 cm³/mol. The van der Waals surface area contributed by atoms with E-state index in [2.05, 4.69) is 17.1 Å². The predicted octanol–water partition coefficient (Wildman–Crippen LogP) is 1.26. The van der Waals surface area contributed by atoms with Crippen molar-refractivity contribution in [2.24, 2.45) is 5.73 Å². The van der Waals surface area contributed by atoms with Gasteiger partial charge in [-0.3, -0.25) is 9.69 Å². The number of nitrogens with zero attached hydrogens (tertiary/aromatic N) is 1. The lowest BCUT2D eigenvalue weighted by Crippen LogP contribution is -2.35. The zero-order chi connectivity index (χ0) is 13.8. The highest BCUT2D eigenvalue weighted by atomic mass is 16.1. The van der Waals surface area contributed by atoms with Crippen molar-refractivity contribution in [2.45, 2.75) is 25.8 Å². The number of hydrogen-bond acceptors (Lipinski definition) is 4. The van der Waals surface area contributed by atoms with E-state index in [1.165, 1.54) is 12.8 Å². The molecule has 1 heterocycles. The third kappa shape index (κ3) is 3.17. The van der Waals surface area contributed by atoms with Gasteiger partial charge in [-0.25, -0.2) is 0 Å². The summed E-state index contributed by atoms with van der Waals surface area (Å²) in [6.07, 6.45) is 2.44. The molecule has 0 radical (unpaired) electrons. The third-order valence-corrected chi connectivity index (χ3v) is 3.74. The molecule has 19 heavy (non-hydrogen) atoms. The number of carbonyl (C=O) groups excluding carboxylic acids is 1. The minimum atomic E-state index is -0.450. The molecule has 1 atom stereocenters. The summed E-state index contributed by atoms with van der Waals surface area (Å²) in [5.41, 5.74) is 12.8. The third-order valence-electron chi connectivity index (χ3n) is 3.74. The van der Waals surface area contributed by atoms with Gasteiger partial charge >= 0.3 is 0 Å². The average Bonchev–Trinajstić information content (AvgIpc) is 2.84. The van der Waals surface area contributed by atoms with Crippen LogP contribution in [-0.4, -0.2) is 36.5 Å². The number of nitrogens with two attached hydrogens (primary N) is 2. The van der Waals surface area contributed by atoms with Crippen LogP contribution in [0.1, 0.15) is 30.1 Å². The summed E-state index contributed by atoms with van der Waals surface area (Å²) in [4.78, 5) is 13.9. The van der Waals surface area contributed by atoms with E-state index >= 15 is 0 Å². The van der Waals surface area contributed by atoms with Gasteiger partial charge in [-0.2, -0.15) is 0 Å². The molecule has 0 aliphatic carbocycles. The molecular formula is C14H22N4O. The fraction of sp³-hybridized carbons (Fsp3) is 0.500. The highest BCUT2D eigenvalue weighted by molar-refractivity contribution is 5.99. The fourth-order valence-electron chi connectivity index (χ4n) is 2.69. The maximum atomic E-state index is 11.4. The zero-order valence-electron chi connectivity index (χ0n) is 11.4. The smallest absolute Gasteiger partial charge is 0.250 e. The molecule has 1 saturated heterocycles. The van der Waals surface area contributed by atoms with E-state index in [1.54, 1.807) is 12.1 Å². The van der Waals surface area contributed by atoms with Crippen molar-refractivity contribution in [3.8, 4) is 0 Å². The Balaban J connectivity index is 2.05. The number of likely N-dealkylation sites (tertiary alicyclic amines) is 1. The molecule has 0 bridgehead atoms. The average molecular weight is 262 g/mol. The van der Waals surface area contributed by atoms with Crippen molar-refractivity contribution in [1.29, 1.82) is 0 Å². The SMILES string of the molecule is CCN1CCCC1CNc1ccc(N)cc1C(N)=O. The first-order valence-electron chi connectivity index (χ1n) is 6.79. The van der Waals surface area contributed by atoms with Crippen LogP contribution in [0.25, 0.3) is 0 Å². The number of nitrogens with one attached hydrogen (secondary N) is 1. The van der Waals surface area contributed by atoms with Crippen LogP contribution in [0.15, 0.2) is 18.2 Å². The minimum Gasteiger partial charge on any atom is -0.399 e. The Labute approximate surface area is 113 Å². The van der Waals surface area contributed by atoms with Crippen molar-refractivity contribution >= 4 is 17.3 Å². The number of benzene rings is 1. The molecule has 5 nitrogen and oxygen atoms in total. The van der Waals surface area contributed by atoms with E-state index < -0.39 is 5.91 Å². The van der Waals surface area contributed by atoms with Crippen LogP contribution in [0.3, 0.4) is 0 Å². The summed E-state index contributed by atoms with van der Waals surface area (Å²) in [6.45, 7) is 5.23. The van der Waals surface area contributed by atoms with Gasteiger partial charge in [-0.1, -0.05) is 6.92 Å². The Morgan fingerprint density at radius 1 is 1.53 bits per heavy atom. The monoisotopic (exact) mass is 262 g/mol. The lowest BCUT2D eigenvalue weighted by atomic mass is 10.1. The Morgan fingerprint density at radius 3 is 3.00 bits per heavy atom. The normalized spacial score (nSPS) is 19.5. The van der Waals surface area contributed by atoms with E-state index in [9.17, 15) is 4.79 Å². The number of likely N-dealkylation sites (N-methyl/N-ethyl adjacent to an activating group) is 1. The van der Waals surface area contributed by atoms with Gasteiger partial charge in [0.05, 0.1) is 5.56 Å². The van der Waals surface area contributed by atoms with Crippen LogP contribution in [0.4, 0.5) is 11.4 Å². The number of hydrogen-bond donors (Lipinski definition) is 3. The molecule has 5 heteroatoms. The summed E-state index contributed by atoms with van der Waals surface area (Å²) in [5.74, 6) is -0.450. The number of carbonyl (C=O) groups is 1. The van der Waals surface area contributed by atoms with Crippen molar-refractivity contribution in [3.05, 3.63) is 23.8 Å².